The van der Waals surface area contributed by atoms with E-state index in [0.717, 1.165) is 16.7 Å². The number of phenols is 1. The molecule has 5 nitrogen and oxygen atoms in total. The third kappa shape index (κ3) is 5.15. The third-order valence-corrected chi connectivity index (χ3v) is 4.55. The summed E-state index contributed by atoms with van der Waals surface area (Å²) in [6.45, 7) is 2.13. The highest BCUT2D eigenvalue weighted by Crippen LogP contribution is 2.35. The second-order valence-electron chi connectivity index (χ2n) is 6.87. The van der Waals surface area contributed by atoms with Crippen molar-refractivity contribution in [1.82, 2.24) is 0 Å². The number of hydrogen-bond donors (Lipinski definition) is 2. The van der Waals surface area contributed by atoms with Gasteiger partial charge in [0.15, 0.2) is 0 Å². The molecule has 3 aromatic carbocycles. The average molecular weight is 392 g/mol. The maximum absolute atomic E-state index is 11.9. The van der Waals surface area contributed by atoms with Crippen molar-refractivity contribution in [2.75, 3.05) is 7.11 Å². The summed E-state index contributed by atoms with van der Waals surface area (Å²) in [6.07, 6.45) is -0.205. The number of esters is 1. The summed E-state index contributed by atoms with van der Waals surface area (Å²) in [7, 11) is 1.31. The van der Waals surface area contributed by atoms with Crippen molar-refractivity contribution in [3.8, 4) is 22.6 Å². The summed E-state index contributed by atoms with van der Waals surface area (Å²) in [5.74, 6) is 0.227. The monoisotopic (exact) mass is 392 g/mol. The number of aliphatic hydroxyl groups excluding tert-OH is 1. The third-order valence-electron chi connectivity index (χ3n) is 4.55. The van der Waals surface area contributed by atoms with Crippen molar-refractivity contribution in [2.24, 2.45) is 0 Å². The predicted octanol–water partition coefficient (Wildman–Crippen LogP) is 4.35. The quantitative estimate of drug-likeness (QED) is 0.585. The number of carbonyl (C=O) groups is 1. The summed E-state index contributed by atoms with van der Waals surface area (Å²) in [5, 5.41) is 20.3. The molecule has 3 rings (SSSR count). The molecule has 0 radical (unpaired) electrons. The van der Waals surface area contributed by atoms with Crippen LogP contribution < -0.4 is 4.74 Å². The van der Waals surface area contributed by atoms with E-state index in [2.05, 4.69) is 0 Å². The summed E-state index contributed by atoms with van der Waals surface area (Å²) >= 11 is 0. The highest BCUT2D eigenvalue weighted by molar-refractivity contribution is 5.92. The Morgan fingerprint density at radius 1 is 1.00 bits per heavy atom. The molecule has 1 atom stereocenters. The highest BCUT2D eigenvalue weighted by Gasteiger charge is 2.16. The molecule has 2 N–H and O–H groups in total. The van der Waals surface area contributed by atoms with Crippen LogP contribution >= 0.6 is 0 Å². The summed E-state index contributed by atoms with van der Waals surface area (Å²) < 4.78 is 10.7. The van der Waals surface area contributed by atoms with Gasteiger partial charge in [-0.15, -0.1) is 0 Å². The van der Waals surface area contributed by atoms with Gasteiger partial charge in [-0.05, 0) is 60.4 Å². The van der Waals surface area contributed by atoms with Crippen LogP contribution in [0, 0.1) is 0 Å². The Morgan fingerprint density at radius 2 is 1.76 bits per heavy atom. The SMILES string of the molecule is COC(=O)c1ccc(O)c(-c2ccc(OCc3ccccc3)cc2C[C@H](C)O)c1. The van der Waals surface area contributed by atoms with Crippen LogP contribution in [0.25, 0.3) is 11.1 Å². The van der Waals surface area contributed by atoms with Crippen molar-refractivity contribution in [1.29, 1.82) is 0 Å². The number of benzene rings is 3. The predicted molar refractivity (Wildman–Crippen MR) is 111 cm³/mol. The topological polar surface area (TPSA) is 76.0 Å². The fourth-order valence-electron chi connectivity index (χ4n) is 3.15. The minimum absolute atomic E-state index is 0.0439. The van der Waals surface area contributed by atoms with Gasteiger partial charge in [-0.3, -0.25) is 0 Å². The maximum atomic E-state index is 11.9. The van der Waals surface area contributed by atoms with Gasteiger partial charge >= 0.3 is 5.97 Å². The molecule has 0 heterocycles. The van der Waals surface area contributed by atoms with E-state index in [1.165, 1.54) is 19.2 Å². The average Bonchev–Trinajstić information content (AvgIpc) is 2.73. The van der Waals surface area contributed by atoms with Crippen LogP contribution in [0.1, 0.15) is 28.4 Å². The van der Waals surface area contributed by atoms with Gasteiger partial charge in [-0.2, -0.15) is 0 Å². The molecular formula is C24H24O5. The molecule has 0 saturated heterocycles. The van der Waals surface area contributed by atoms with Crippen molar-refractivity contribution in [3.63, 3.8) is 0 Å². The van der Waals surface area contributed by atoms with Gasteiger partial charge in [0, 0.05) is 5.56 Å². The number of ether oxygens (including phenoxy) is 2. The zero-order valence-electron chi connectivity index (χ0n) is 16.5. The fraction of sp³-hybridized carbons (Fsp3) is 0.208. The van der Waals surface area contributed by atoms with Crippen LogP contribution in [0.3, 0.4) is 0 Å². The normalized spacial score (nSPS) is 11.7. The van der Waals surface area contributed by atoms with E-state index in [1.807, 2.05) is 48.5 Å². The fourth-order valence-corrected chi connectivity index (χ4v) is 3.15. The number of phenolic OH excluding ortho intramolecular Hbond substituents is 1. The lowest BCUT2D eigenvalue weighted by Gasteiger charge is -2.16. The Bertz CT molecular complexity index is 980. The highest BCUT2D eigenvalue weighted by atomic mass is 16.5. The van der Waals surface area contributed by atoms with E-state index in [4.69, 9.17) is 9.47 Å². The lowest BCUT2D eigenvalue weighted by atomic mass is 9.94. The summed E-state index contributed by atoms with van der Waals surface area (Å²) in [5.41, 5.74) is 3.42. The first-order chi connectivity index (χ1) is 14.0. The van der Waals surface area contributed by atoms with E-state index in [9.17, 15) is 15.0 Å². The first-order valence-electron chi connectivity index (χ1n) is 9.37. The van der Waals surface area contributed by atoms with Crippen molar-refractivity contribution >= 4 is 5.97 Å². The molecule has 0 bridgehead atoms. The smallest absolute Gasteiger partial charge is 0.337 e. The van der Waals surface area contributed by atoms with E-state index < -0.39 is 12.1 Å². The van der Waals surface area contributed by atoms with E-state index in [-0.39, 0.29) is 5.75 Å². The van der Waals surface area contributed by atoms with Crippen LogP contribution in [0.4, 0.5) is 0 Å². The lowest BCUT2D eigenvalue weighted by Crippen LogP contribution is -2.07. The molecule has 0 amide bonds. The molecule has 3 aromatic rings. The molecule has 0 aliphatic heterocycles. The minimum Gasteiger partial charge on any atom is -0.507 e. The molecular weight excluding hydrogens is 368 g/mol. The lowest BCUT2D eigenvalue weighted by molar-refractivity contribution is 0.0600. The van der Waals surface area contributed by atoms with E-state index >= 15 is 0 Å². The molecule has 0 saturated carbocycles. The van der Waals surface area contributed by atoms with Gasteiger partial charge in [-0.25, -0.2) is 4.79 Å². The molecule has 0 aliphatic rings. The van der Waals surface area contributed by atoms with Crippen LogP contribution in [0.15, 0.2) is 66.7 Å². The molecule has 0 aliphatic carbocycles. The molecule has 0 unspecified atom stereocenters. The number of carbonyl (C=O) groups excluding carboxylic acids is 1. The Kier molecular flexibility index (Phi) is 6.52. The van der Waals surface area contributed by atoms with Gasteiger partial charge in [0.25, 0.3) is 0 Å². The maximum Gasteiger partial charge on any atom is 0.337 e. The van der Waals surface area contributed by atoms with Crippen LogP contribution in [-0.2, 0) is 17.8 Å². The summed E-state index contributed by atoms with van der Waals surface area (Å²) in [4.78, 5) is 11.9. The van der Waals surface area contributed by atoms with Crippen LogP contribution in [0.2, 0.25) is 0 Å². The Balaban J connectivity index is 1.95. The Labute approximate surface area is 170 Å². The second kappa shape index (κ2) is 9.26. The minimum atomic E-state index is -0.580. The molecule has 0 spiro atoms. The van der Waals surface area contributed by atoms with Crippen molar-refractivity contribution in [3.05, 3.63) is 83.4 Å². The molecule has 0 fully saturated rings. The van der Waals surface area contributed by atoms with E-state index in [0.29, 0.717) is 29.9 Å². The van der Waals surface area contributed by atoms with Gasteiger partial charge in [0.05, 0.1) is 18.8 Å². The van der Waals surface area contributed by atoms with Crippen molar-refractivity contribution < 1.29 is 24.5 Å². The van der Waals surface area contributed by atoms with Gasteiger partial charge in [0.2, 0.25) is 0 Å². The largest absolute Gasteiger partial charge is 0.507 e. The van der Waals surface area contributed by atoms with Gasteiger partial charge in [0.1, 0.15) is 18.1 Å². The van der Waals surface area contributed by atoms with Crippen LogP contribution in [0.5, 0.6) is 11.5 Å². The number of methoxy groups -OCH3 is 1. The molecule has 29 heavy (non-hydrogen) atoms. The number of rotatable bonds is 7. The van der Waals surface area contributed by atoms with Gasteiger partial charge < -0.3 is 19.7 Å². The number of hydrogen-bond acceptors (Lipinski definition) is 5. The van der Waals surface area contributed by atoms with Crippen LogP contribution in [-0.4, -0.2) is 29.4 Å². The zero-order valence-corrected chi connectivity index (χ0v) is 16.5. The number of aliphatic hydroxyl groups is 1. The standard InChI is InChI=1S/C24H24O5/c1-16(25)12-19-13-20(29-15-17-6-4-3-5-7-17)9-10-21(19)22-14-18(24(27)28-2)8-11-23(22)26/h3-11,13-14,16,25-26H,12,15H2,1-2H3/t16-/m0/s1. The number of aromatic hydroxyl groups is 1. The molecule has 150 valence electrons. The zero-order chi connectivity index (χ0) is 20.8. The first-order valence-corrected chi connectivity index (χ1v) is 9.37. The van der Waals surface area contributed by atoms with E-state index in [1.54, 1.807) is 13.0 Å². The Hall–Kier alpha value is -3.31. The summed E-state index contributed by atoms with van der Waals surface area (Å²) in [6, 6.07) is 19.9. The molecule has 0 aromatic heterocycles. The first kappa shape index (κ1) is 20.4. The second-order valence-corrected chi connectivity index (χ2v) is 6.87. The van der Waals surface area contributed by atoms with Crippen molar-refractivity contribution in [2.45, 2.75) is 26.1 Å². The molecule has 5 heteroatoms. The Morgan fingerprint density at radius 3 is 2.45 bits per heavy atom. The van der Waals surface area contributed by atoms with Gasteiger partial charge in [-0.1, -0.05) is 36.4 Å².